The van der Waals surface area contributed by atoms with E-state index in [0.717, 1.165) is 5.56 Å². The predicted molar refractivity (Wildman–Crippen MR) is 75.4 cm³/mol. The van der Waals surface area contributed by atoms with Crippen molar-refractivity contribution < 1.29 is 19.7 Å². The molecule has 5 nitrogen and oxygen atoms in total. The Morgan fingerprint density at radius 3 is 2.65 bits per heavy atom. The maximum absolute atomic E-state index is 11.1. The summed E-state index contributed by atoms with van der Waals surface area (Å²) in [4.78, 5) is 11.1. The molecule has 0 bridgehead atoms. The van der Waals surface area contributed by atoms with Crippen LogP contribution in [0.2, 0.25) is 0 Å². The summed E-state index contributed by atoms with van der Waals surface area (Å²) in [5.41, 5.74) is 1.57. The quantitative estimate of drug-likeness (QED) is 0.780. The molecule has 5 heteroatoms. The maximum Gasteiger partial charge on any atom is 0.337 e. The van der Waals surface area contributed by atoms with Crippen LogP contribution < -0.4 is 10.1 Å². The van der Waals surface area contributed by atoms with Gasteiger partial charge in [0.25, 0.3) is 0 Å². The second-order valence-corrected chi connectivity index (χ2v) is 4.21. The van der Waals surface area contributed by atoms with Gasteiger partial charge in [-0.1, -0.05) is 18.2 Å². The Bertz CT molecular complexity index is 625. The lowest BCUT2D eigenvalue weighted by Gasteiger charge is -2.10. The van der Waals surface area contributed by atoms with E-state index in [1.54, 1.807) is 36.4 Å². The molecule has 104 valence electrons. The molecule has 0 heterocycles. The number of carbonyl (C=O) groups is 1. The lowest BCUT2D eigenvalue weighted by molar-refractivity contribution is 0.0698. The molecule has 0 radical (unpaired) electrons. The zero-order valence-corrected chi connectivity index (χ0v) is 11.0. The fourth-order valence-corrected chi connectivity index (χ4v) is 1.87. The van der Waals surface area contributed by atoms with E-state index in [2.05, 4.69) is 5.32 Å². The number of benzene rings is 2. The number of aromatic carboxylic acids is 1. The number of ether oxygens (including phenoxy) is 1. The number of hydrogen-bond donors (Lipinski definition) is 3. The monoisotopic (exact) mass is 273 g/mol. The third-order valence-electron chi connectivity index (χ3n) is 2.88. The van der Waals surface area contributed by atoms with Gasteiger partial charge in [0.2, 0.25) is 0 Å². The van der Waals surface area contributed by atoms with Gasteiger partial charge in [0.1, 0.15) is 0 Å². The molecule has 0 amide bonds. The van der Waals surface area contributed by atoms with E-state index in [0.29, 0.717) is 18.0 Å². The predicted octanol–water partition coefficient (Wildman–Crippen LogP) is 2.71. The number of carboxylic acids is 1. The Labute approximate surface area is 116 Å². The number of phenolic OH excluding ortho intramolecular Hbond substituents is 1. The molecule has 0 saturated carbocycles. The standard InChI is InChI=1S/C15H15NO4/c1-20-14-7-6-10(8-13(14)17)9-16-12-5-3-2-4-11(12)15(18)19/h2-8,16-17H,9H2,1H3,(H,18,19). The molecular weight excluding hydrogens is 258 g/mol. The fourth-order valence-electron chi connectivity index (χ4n) is 1.87. The Balaban J connectivity index is 2.13. The Morgan fingerprint density at radius 2 is 2.00 bits per heavy atom. The molecule has 3 N–H and O–H groups in total. The third-order valence-corrected chi connectivity index (χ3v) is 2.88. The smallest absolute Gasteiger partial charge is 0.337 e. The van der Waals surface area contributed by atoms with Crippen LogP contribution in [0.3, 0.4) is 0 Å². The molecule has 0 aliphatic heterocycles. The Hall–Kier alpha value is -2.69. The first-order valence-corrected chi connectivity index (χ1v) is 6.04. The van der Waals surface area contributed by atoms with Crippen molar-refractivity contribution in [2.45, 2.75) is 6.54 Å². The molecule has 0 atom stereocenters. The molecule has 0 unspecified atom stereocenters. The molecule has 20 heavy (non-hydrogen) atoms. The van der Waals surface area contributed by atoms with E-state index < -0.39 is 5.97 Å². The summed E-state index contributed by atoms with van der Waals surface area (Å²) in [6.45, 7) is 0.405. The highest BCUT2D eigenvalue weighted by Gasteiger charge is 2.09. The molecule has 0 aliphatic rings. The molecule has 0 aromatic heterocycles. The number of para-hydroxylation sites is 1. The van der Waals surface area contributed by atoms with Crippen LogP contribution in [0.25, 0.3) is 0 Å². The zero-order valence-electron chi connectivity index (χ0n) is 11.0. The van der Waals surface area contributed by atoms with Crippen molar-refractivity contribution in [1.29, 1.82) is 0 Å². The van der Waals surface area contributed by atoms with Gasteiger partial charge in [0, 0.05) is 12.2 Å². The van der Waals surface area contributed by atoms with E-state index >= 15 is 0 Å². The second kappa shape index (κ2) is 5.97. The highest BCUT2D eigenvalue weighted by Crippen LogP contribution is 2.26. The van der Waals surface area contributed by atoms with Crippen molar-refractivity contribution in [3.63, 3.8) is 0 Å². The van der Waals surface area contributed by atoms with E-state index in [1.807, 2.05) is 0 Å². The largest absolute Gasteiger partial charge is 0.504 e. The third kappa shape index (κ3) is 3.00. The Morgan fingerprint density at radius 1 is 1.25 bits per heavy atom. The van der Waals surface area contributed by atoms with E-state index in [1.165, 1.54) is 13.2 Å². The molecule has 2 aromatic carbocycles. The lowest BCUT2D eigenvalue weighted by Crippen LogP contribution is -2.06. The SMILES string of the molecule is COc1ccc(CNc2ccccc2C(=O)O)cc1O. The van der Waals surface area contributed by atoms with Crippen molar-refractivity contribution in [2.75, 3.05) is 12.4 Å². The average Bonchev–Trinajstić information content (AvgIpc) is 2.45. The number of phenols is 1. The summed E-state index contributed by atoms with van der Waals surface area (Å²) in [6, 6.07) is 11.7. The Kier molecular flexibility index (Phi) is 4.10. The normalized spacial score (nSPS) is 10.1. The van der Waals surface area contributed by atoms with Crippen LogP contribution in [0.4, 0.5) is 5.69 Å². The van der Waals surface area contributed by atoms with Crippen LogP contribution in [-0.2, 0) is 6.54 Å². The van der Waals surface area contributed by atoms with Gasteiger partial charge < -0.3 is 20.3 Å². The fraction of sp³-hybridized carbons (Fsp3) is 0.133. The number of nitrogens with one attached hydrogen (secondary N) is 1. The average molecular weight is 273 g/mol. The van der Waals surface area contributed by atoms with Crippen LogP contribution >= 0.6 is 0 Å². The van der Waals surface area contributed by atoms with Gasteiger partial charge in [-0.25, -0.2) is 4.79 Å². The minimum atomic E-state index is -0.981. The summed E-state index contributed by atoms with van der Waals surface area (Å²) in [5.74, 6) is -0.524. The highest BCUT2D eigenvalue weighted by molar-refractivity contribution is 5.94. The molecule has 2 aromatic rings. The summed E-state index contributed by atoms with van der Waals surface area (Å²) in [7, 11) is 1.48. The van der Waals surface area contributed by atoms with Gasteiger partial charge in [0.15, 0.2) is 11.5 Å². The molecule has 2 rings (SSSR count). The van der Waals surface area contributed by atoms with Crippen molar-refractivity contribution in [3.05, 3.63) is 53.6 Å². The summed E-state index contributed by atoms with van der Waals surface area (Å²) in [6.07, 6.45) is 0. The topological polar surface area (TPSA) is 78.8 Å². The lowest BCUT2D eigenvalue weighted by atomic mass is 10.1. The number of methoxy groups -OCH3 is 1. The molecule has 0 fully saturated rings. The minimum absolute atomic E-state index is 0.0540. The van der Waals surface area contributed by atoms with Crippen molar-refractivity contribution >= 4 is 11.7 Å². The number of anilines is 1. The van der Waals surface area contributed by atoms with Crippen LogP contribution in [0.1, 0.15) is 15.9 Å². The highest BCUT2D eigenvalue weighted by atomic mass is 16.5. The second-order valence-electron chi connectivity index (χ2n) is 4.21. The van der Waals surface area contributed by atoms with Gasteiger partial charge in [0.05, 0.1) is 12.7 Å². The molecule has 0 aliphatic carbocycles. The van der Waals surface area contributed by atoms with Crippen LogP contribution in [-0.4, -0.2) is 23.3 Å². The first kappa shape index (κ1) is 13.7. The van der Waals surface area contributed by atoms with E-state index in [4.69, 9.17) is 9.84 Å². The first-order chi connectivity index (χ1) is 9.61. The number of hydrogen-bond acceptors (Lipinski definition) is 4. The van der Waals surface area contributed by atoms with Crippen molar-refractivity contribution in [2.24, 2.45) is 0 Å². The van der Waals surface area contributed by atoms with Crippen molar-refractivity contribution in [1.82, 2.24) is 0 Å². The van der Waals surface area contributed by atoms with Gasteiger partial charge in [-0.3, -0.25) is 0 Å². The summed E-state index contributed by atoms with van der Waals surface area (Å²) in [5, 5.41) is 21.8. The molecular formula is C15H15NO4. The minimum Gasteiger partial charge on any atom is -0.504 e. The molecule has 0 saturated heterocycles. The number of rotatable bonds is 5. The number of carboxylic acid groups (broad SMARTS) is 1. The summed E-state index contributed by atoms with van der Waals surface area (Å²) >= 11 is 0. The van der Waals surface area contributed by atoms with Crippen LogP contribution in [0, 0.1) is 0 Å². The first-order valence-electron chi connectivity index (χ1n) is 6.04. The van der Waals surface area contributed by atoms with Crippen LogP contribution in [0.15, 0.2) is 42.5 Å². The van der Waals surface area contributed by atoms with E-state index in [9.17, 15) is 9.90 Å². The van der Waals surface area contributed by atoms with Crippen LogP contribution in [0.5, 0.6) is 11.5 Å². The number of aromatic hydroxyl groups is 1. The summed E-state index contributed by atoms with van der Waals surface area (Å²) < 4.78 is 4.97. The van der Waals surface area contributed by atoms with Gasteiger partial charge >= 0.3 is 5.97 Å². The molecule has 0 spiro atoms. The zero-order chi connectivity index (χ0) is 14.5. The van der Waals surface area contributed by atoms with Gasteiger partial charge in [-0.15, -0.1) is 0 Å². The van der Waals surface area contributed by atoms with E-state index in [-0.39, 0.29) is 11.3 Å². The van der Waals surface area contributed by atoms with Gasteiger partial charge in [-0.2, -0.15) is 0 Å². The van der Waals surface area contributed by atoms with Crippen molar-refractivity contribution in [3.8, 4) is 11.5 Å². The van der Waals surface area contributed by atoms with Gasteiger partial charge in [-0.05, 0) is 29.8 Å². The maximum atomic E-state index is 11.1.